The van der Waals surface area contributed by atoms with E-state index in [1.165, 1.54) is 23.3 Å². The summed E-state index contributed by atoms with van der Waals surface area (Å²) in [6.45, 7) is 0. The van der Waals surface area contributed by atoms with E-state index < -0.39 is 5.97 Å². The smallest absolute Gasteiger partial charge is 0.336 e. The highest BCUT2D eigenvalue weighted by Gasteiger charge is 2.15. The first-order valence-electron chi connectivity index (χ1n) is 8.56. The van der Waals surface area contributed by atoms with Gasteiger partial charge in [0.2, 0.25) is 0 Å². The number of rotatable bonds is 6. The zero-order valence-electron chi connectivity index (χ0n) is 14.8. The first-order chi connectivity index (χ1) is 13.6. The summed E-state index contributed by atoms with van der Waals surface area (Å²) >= 11 is 2.59. The van der Waals surface area contributed by atoms with Crippen molar-refractivity contribution in [1.29, 1.82) is 0 Å². The molecule has 4 aromatic rings. The Morgan fingerprint density at radius 1 is 1.14 bits per heavy atom. The molecule has 3 N–H and O–H groups in total. The van der Waals surface area contributed by atoms with Crippen LogP contribution in [-0.2, 0) is 6.42 Å². The molecule has 28 heavy (non-hydrogen) atoms. The molecule has 2 aromatic carbocycles. The highest BCUT2D eigenvalue weighted by atomic mass is 32.2. The van der Waals surface area contributed by atoms with E-state index >= 15 is 0 Å². The number of aromatic nitrogens is 2. The van der Waals surface area contributed by atoms with Crippen LogP contribution >= 0.6 is 23.3 Å². The number of aromatic carboxylic acids is 1. The van der Waals surface area contributed by atoms with Gasteiger partial charge in [-0.25, -0.2) is 9.48 Å². The molecule has 2 aromatic heterocycles. The van der Waals surface area contributed by atoms with Gasteiger partial charge in [-0.05, 0) is 35.7 Å². The van der Waals surface area contributed by atoms with Crippen molar-refractivity contribution in [2.75, 3.05) is 0 Å². The summed E-state index contributed by atoms with van der Waals surface area (Å²) in [5.74, 6) is -0.934. The van der Waals surface area contributed by atoms with E-state index in [2.05, 4.69) is 12.1 Å². The Morgan fingerprint density at radius 3 is 2.54 bits per heavy atom. The summed E-state index contributed by atoms with van der Waals surface area (Å²) < 4.78 is 1.76. The number of hydrogen-bond acceptors (Lipinski definition) is 5. The molecule has 0 aliphatic rings. The topological polar surface area (TPSA) is 81.1 Å². The number of benzene rings is 2. The lowest BCUT2D eigenvalue weighted by molar-refractivity contribution is 0.0697. The van der Waals surface area contributed by atoms with Gasteiger partial charge >= 0.3 is 5.97 Å². The molecule has 0 aliphatic heterocycles. The zero-order chi connectivity index (χ0) is 19.5. The molecule has 7 heteroatoms. The molecule has 5 nitrogen and oxygen atoms in total. The number of thiophene rings is 1. The molecule has 140 valence electrons. The molecule has 0 unspecified atom stereocenters. The maximum absolute atomic E-state index is 11.2. The Hall–Kier alpha value is -2.87. The van der Waals surface area contributed by atoms with Crippen LogP contribution in [0, 0.1) is 0 Å². The van der Waals surface area contributed by atoms with Crippen molar-refractivity contribution in [3.8, 4) is 16.3 Å². The van der Waals surface area contributed by atoms with Crippen molar-refractivity contribution in [3.05, 3.63) is 88.9 Å². The number of carbonyl (C=O) groups is 1. The van der Waals surface area contributed by atoms with Gasteiger partial charge in [0.15, 0.2) is 0 Å². The van der Waals surface area contributed by atoms with Gasteiger partial charge in [-0.1, -0.05) is 42.5 Å². The average Bonchev–Trinajstić information content (AvgIpc) is 3.37. The summed E-state index contributed by atoms with van der Waals surface area (Å²) in [7, 11) is 0. The van der Waals surface area contributed by atoms with E-state index in [0.29, 0.717) is 0 Å². The van der Waals surface area contributed by atoms with Gasteiger partial charge in [0.1, 0.15) is 5.00 Å². The van der Waals surface area contributed by atoms with Crippen LogP contribution < -0.4 is 5.14 Å². The molecule has 4 rings (SSSR count). The van der Waals surface area contributed by atoms with Crippen LogP contribution in [0.5, 0.6) is 0 Å². The highest BCUT2D eigenvalue weighted by Crippen LogP contribution is 2.28. The molecular formula is C21H17N3O2S2. The molecule has 0 aliphatic carbocycles. The Labute approximate surface area is 170 Å². The lowest BCUT2D eigenvalue weighted by Crippen LogP contribution is -1.94. The van der Waals surface area contributed by atoms with Crippen LogP contribution in [0.2, 0.25) is 0 Å². The molecule has 0 bridgehead atoms. The average molecular weight is 408 g/mol. The SMILES string of the molecule is NSc1ccc(Cc2cn(-c3cc(C(=O)O)cs3)nc2-c2ccccc2)cc1. The zero-order valence-corrected chi connectivity index (χ0v) is 16.4. The normalized spacial score (nSPS) is 10.9. The standard InChI is InChI=1S/C21H17N3O2S2/c22-28-18-8-6-14(7-9-18)10-16-12-24(19-11-17(13-27-19)21(25)26)23-20(16)15-4-2-1-3-5-15/h1-9,11-13H,10,22H2,(H,25,26). The Kier molecular flexibility index (Phi) is 5.29. The minimum atomic E-state index is -0.934. The second-order valence-corrected chi connectivity index (χ2v) is 7.83. The van der Waals surface area contributed by atoms with Gasteiger partial charge in [0, 0.05) is 34.0 Å². The number of nitrogens with two attached hydrogens (primary N) is 1. The van der Waals surface area contributed by atoms with Crippen molar-refractivity contribution in [2.24, 2.45) is 5.14 Å². The molecule has 0 radical (unpaired) electrons. The van der Waals surface area contributed by atoms with Crippen LogP contribution in [0.3, 0.4) is 0 Å². The van der Waals surface area contributed by atoms with Gasteiger partial charge in [0.05, 0.1) is 11.3 Å². The summed E-state index contributed by atoms with van der Waals surface area (Å²) in [6, 6.07) is 19.8. The number of nitrogens with zero attached hydrogens (tertiary/aromatic N) is 2. The summed E-state index contributed by atoms with van der Waals surface area (Å²) in [4.78, 5) is 12.2. The minimum Gasteiger partial charge on any atom is -0.478 e. The third-order valence-electron chi connectivity index (χ3n) is 4.35. The van der Waals surface area contributed by atoms with Gasteiger partial charge < -0.3 is 5.11 Å². The maximum Gasteiger partial charge on any atom is 0.336 e. The molecule has 0 spiro atoms. The number of hydrogen-bond donors (Lipinski definition) is 2. The fraction of sp³-hybridized carbons (Fsp3) is 0.0476. The van der Waals surface area contributed by atoms with Gasteiger partial charge in [-0.15, -0.1) is 11.3 Å². The highest BCUT2D eigenvalue weighted by molar-refractivity contribution is 7.97. The van der Waals surface area contributed by atoms with Crippen molar-refractivity contribution < 1.29 is 9.90 Å². The molecule has 0 atom stereocenters. The summed E-state index contributed by atoms with van der Waals surface area (Å²) in [6.07, 6.45) is 2.70. The number of carboxylic acids is 1. The van der Waals surface area contributed by atoms with Crippen molar-refractivity contribution in [3.63, 3.8) is 0 Å². The molecule has 0 amide bonds. The third kappa shape index (κ3) is 3.87. The molecule has 0 saturated carbocycles. The van der Waals surface area contributed by atoms with E-state index in [4.69, 9.17) is 10.2 Å². The van der Waals surface area contributed by atoms with Crippen molar-refractivity contribution >= 4 is 29.3 Å². The van der Waals surface area contributed by atoms with E-state index in [9.17, 15) is 9.90 Å². The Balaban J connectivity index is 1.74. The van der Waals surface area contributed by atoms with Crippen LogP contribution in [0.4, 0.5) is 0 Å². The quantitative estimate of drug-likeness (QED) is 0.446. The van der Waals surface area contributed by atoms with Crippen LogP contribution in [0.1, 0.15) is 21.5 Å². The Bertz CT molecular complexity index is 1100. The van der Waals surface area contributed by atoms with Crippen LogP contribution in [0.15, 0.2) is 77.1 Å². The fourth-order valence-electron chi connectivity index (χ4n) is 2.95. The van der Waals surface area contributed by atoms with Gasteiger partial charge in [0.25, 0.3) is 0 Å². The molecule has 0 fully saturated rings. The van der Waals surface area contributed by atoms with Gasteiger partial charge in [-0.3, -0.25) is 5.14 Å². The largest absolute Gasteiger partial charge is 0.478 e. The van der Waals surface area contributed by atoms with E-state index in [-0.39, 0.29) is 5.56 Å². The van der Waals surface area contributed by atoms with Crippen LogP contribution in [0.25, 0.3) is 16.3 Å². The maximum atomic E-state index is 11.2. The second-order valence-electron chi connectivity index (χ2n) is 6.23. The van der Waals surface area contributed by atoms with E-state index in [1.54, 1.807) is 16.1 Å². The predicted octanol–water partition coefficient (Wildman–Crippen LogP) is 4.86. The van der Waals surface area contributed by atoms with Crippen LogP contribution in [-0.4, -0.2) is 20.9 Å². The predicted molar refractivity (Wildman–Crippen MR) is 113 cm³/mol. The van der Waals surface area contributed by atoms with E-state index in [0.717, 1.165) is 38.7 Å². The lowest BCUT2D eigenvalue weighted by atomic mass is 10.0. The van der Waals surface area contributed by atoms with Crippen molar-refractivity contribution in [1.82, 2.24) is 9.78 Å². The number of carboxylic acid groups (broad SMARTS) is 1. The summed E-state index contributed by atoms with van der Waals surface area (Å²) in [5.41, 5.74) is 4.42. The molecule has 0 saturated heterocycles. The monoisotopic (exact) mass is 407 g/mol. The lowest BCUT2D eigenvalue weighted by Gasteiger charge is -2.04. The first-order valence-corrected chi connectivity index (χ1v) is 10.3. The third-order valence-corrected chi connectivity index (χ3v) is 5.81. The van der Waals surface area contributed by atoms with Crippen molar-refractivity contribution in [2.45, 2.75) is 11.3 Å². The summed E-state index contributed by atoms with van der Waals surface area (Å²) in [5, 5.41) is 22.0. The fourth-order valence-corrected chi connectivity index (χ4v) is 4.06. The second kappa shape index (κ2) is 8.02. The Morgan fingerprint density at radius 2 is 1.89 bits per heavy atom. The van der Waals surface area contributed by atoms with Gasteiger partial charge in [-0.2, -0.15) is 5.10 Å². The molecular weight excluding hydrogens is 390 g/mol. The first kappa shape index (κ1) is 18.5. The van der Waals surface area contributed by atoms with E-state index in [1.807, 2.05) is 48.7 Å². The minimum absolute atomic E-state index is 0.271. The molecule has 2 heterocycles.